The van der Waals surface area contributed by atoms with Gasteiger partial charge in [0.25, 0.3) is 0 Å². The highest BCUT2D eigenvalue weighted by Gasteiger charge is 2.34. The third kappa shape index (κ3) is 5.69. The average Bonchev–Trinajstić information content (AvgIpc) is 3.31. The van der Waals surface area contributed by atoms with Crippen LogP contribution in [-0.2, 0) is 11.3 Å². The van der Waals surface area contributed by atoms with E-state index in [9.17, 15) is 4.79 Å². The first-order valence-corrected chi connectivity index (χ1v) is 11.3. The molecule has 7 heteroatoms. The number of rotatable bonds is 7. The highest BCUT2D eigenvalue weighted by Crippen LogP contribution is 2.24. The van der Waals surface area contributed by atoms with Crippen LogP contribution in [0, 0.1) is 6.92 Å². The summed E-state index contributed by atoms with van der Waals surface area (Å²) in [5.41, 5.74) is 0. The first kappa shape index (κ1) is 21.6. The van der Waals surface area contributed by atoms with E-state index in [-0.39, 0.29) is 6.03 Å². The summed E-state index contributed by atoms with van der Waals surface area (Å²) in [4.78, 5) is 24.0. The Bertz CT molecular complexity index is 630. The van der Waals surface area contributed by atoms with Gasteiger partial charge in [0.05, 0.1) is 0 Å². The number of ether oxygens (including phenoxy) is 1. The molecule has 0 spiro atoms. The minimum absolute atomic E-state index is 0.139. The lowest BCUT2D eigenvalue weighted by Gasteiger charge is -2.39. The standard InChI is InChI=1S/C21H36N4O2S/c1-17-5-6-20(28-17)16-23(4)11-12-25(18-8-13-27-14-9-18)19-7-10-24(15-19)21(26)22(2)3/h5-6,18-19H,7-16H2,1-4H3. The summed E-state index contributed by atoms with van der Waals surface area (Å²) in [6.45, 7) is 8.72. The smallest absolute Gasteiger partial charge is 0.319 e. The third-order valence-electron chi connectivity index (χ3n) is 5.91. The van der Waals surface area contributed by atoms with Crippen LogP contribution in [-0.4, -0.2) is 98.3 Å². The molecule has 3 rings (SSSR count). The summed E-state index contributed by atoms with van der Waals surface area (Å²) < 4.78 is 5.60. The van der Waals surface area contributed by atoms with Crippen molar-refractivity contribution in [1.82, 2.24) is 19.6 Å². The van der Waals surface area contributed by atoms with Crippen LogP contribution in [0.4, 0.5) is 4.79 Å². The van der Waals surface area contributed by atoms with Gasteiger partial charge >= 0.3 is 6.03 Å². The lowest BCUT2D eigenvalue weighted by Crippen LogP contribution is -2.50. The summed E-state index contributed by atoms with van der Waals surface area (Å²) in [5.74, 6) is 0. The molecule has 0 N–H and O–H groups in total. The van der Waals surface area contributed by atoms with Crippen LogP contribution >= 0.6 is 11.3 Å². The molecule has 28 heavy (non-hydrogen) atoms. The fourth-order valence-corrected chi connectivity index (χ4v) is 5.32. The molecule has 2 aliphatic rings. The molecule has 1 aromatic rings. The molecule has 1 aromatic heterocycles. The minimum Gasteiger partial charge on any atom is -0.381 e. The van der Waals surface area contributed by atoms with E-state index in [1.165, 1.54) is 9.75 Å². The second-order valence-corrected chi connectivity index (χ2v) is 9.77. The normalized spacial score (nSPS) is 21.1. The molecular formula is C21H36N4O2S. The van der Waals surface area contributed by atoms with Gasteiger partial charge in [-0.25, -0.2) is 4.79 Å². The Hall–Kier alpha value is -1.15. The molecule has 1 unspecified atom stereocenters. The number of aryl methyl sites for hydroxylation is 1. The number of hydrogen-bond acceptors (Lipinski definition) is 5. The molecule has 0 saturated carbocycles. The highest BCUT2D eigenvalue weighted by atomic mass is 32.1. The van der Waals surface area contributed by atoms with Gasteiger partial charge in [-0.15, -0.1) is 11.3 Å². The number of likely N-dealkylation sites (tertiary alicyclic amines) is 1. The lowest BCUT2D eigenvalue weighted by molar-refractivity contribution is 0.0150. The van der Waals surface area contributed by atoms with Crippen molar-refractivity contribution in [3.63, 3.8) is 0 Å². The fourth-order valence-electron chi connectivity index (χ4n) is 4.35. The number of carbonyl (C=O) groups is 1. The van der Waals surface area contributed by atoms with Gasteiger partial charge in [0.1, 0.15) is 0 Å². The molecule has 3 heterocycles. The van der Waals surface area contributed by atoms with Crippen LogP contribution in [0.5, 0.6) is 0 Å². The number of thiophene rings is 1. The van der Waals surface area contributed by atoms with E-state index >= 15 is 0 Å². The van der Waals surface area contributed by atoms with E-state index < -0.39 is 0 Å². The van der Waals surface area contributed by atoms with E-state index in [0.717, 1.165) is 65.2 Å². The van der Waals surface area contributed by atoms with Gasteiger partial charge < -0.3 is 19.4 Å². The number of urea groups is 1. The zero-order valence-corrected chi connectivity index (χ0v) is 18.7. The van der Waals surface area contributed by atoms with E-state index in [1.807, 2.05) is 30.3 Å². The van der Waals surface area contributed by atoms with Crippen molar-refractivity contribution in [2.75, 3.05) is 60.5 Å². The number of amides is 2. The third-order valence-corrected chi connectivity index (χ3v) is 6.89. The molecule has 158 valence electrons. The van der Waals surface area contributed by atoms with Crippen molar-refractivity contribution in [2.45, 2.75) is 44.8 Å². The zero-order valence-electron chi connectivity index (χ0n) is 17.9. The largest absolute Gasteiger partial charge is 0.381 e. The second-order valence-electron chi connectivity index (χ2n) is 8.40. The van der Waals surface area contributed by atoms with E-state index in [0.29, 0.717) is 12.1 Å². The minimum atomic E-state index is 0.139. The van der Waals surface area contributed by atoms with Gasteiger partial charge in [0.15, 0.2) is 0 Å². The van der Waals surface area contributed by atoms with Crippen LogP contribution in [0.2, 0.25) is 0 Å². The summed E-state index contributed by atoms with van der Waals surface area (Å²) in [6.07, 6.45) is 3.28. The zero-order chi connectivity index (χ0) is 20.1. The molecule has 2 fully saturated rings. The Morgan fingerprint density at radius 2 is 1.89 bits per heavy atom. The number of likely N-dealkylation sites (N-methyl/N-ethyl adjacent to an activating group) is 1. The first-order chi connectivity index (χ1) is 13.4. The SMILES string of the molecule is Cc1ccc(CN(C)CCN(C2CCOCC2)C2CCN(C(=O)N(C)C)C2)s1. The molecular weight excluding hydrogens is 372 g/mol. The Kier molecular flexibility index (Phi) is 7.74. The van der Waals surface area contributed by atoms with Crippen molar-refractivity contribution >= 4 is 17.4 Å². The Labute approximate surface area is 174 Å². The molecule has 0 aliphatic carbocycles. The van der Waals surface area contributed by atoms with Crippen molar-refractivity contribution in [3.8, 4) is 0 Å². The van der Waals surface area contributed by atoms with Crippen molar-refractivity contribution in [3.05, 3.63) is 21.9 Å². The molecule has 2 saturated heterocycles. The predicted octanol–water partition coefficient (Wildman–Crippen LogP) is 2.73. The molecule has 0 bridgehead atoms. The molecule has 0 aromatic carbocycles. The van der Waals surface area contributed by atoms with Crippen LogP contribution < -0.4 is 0 Å². The maximum absolute atomic E-state index is 12.4. The lowest BCUT2D eigenvalue weighted by atomic mass is 10.0. The van der Waals surface area contributed by atoms with Gasteiger partial charge in [-0.1, -0.05) is 0 Å². The van der Waals surface area contributed by atoms with Crippen molar-refractivity contribution in [2.24, 2.45) is 0 Å². The Balaban J connectivity index is 1.58. The second kappa shape index (κ2) is 10.1. The molecule has 1 atom stereocenters. The molecule has 0 radical (unpaired) electrons. The van der Waals surface area contributed by atoms with Crippen molar-refractivity contribution < 1.29 is 9.53 Å². The number of nitrogens with zero attached hydrogens (tertiary/aromatic N) is 4. The Morgan fingerprint density at radius 3 is 2.54 bits per heavy atom. The molecule has 6 nitrogen and oxygen atoms in total. The van der Waals surface area contributed by atoms with Crippen LogP contribution in [0.15, 0.2) is 12.1 Å². The van der Waals surface area contributed by atoms with Gasteiger partial charge in [-0.05, 0) is 45.4 Å². The monoisotopic (exact) mass is 408 g/mol. The predicted molar refractivity (Wildman–Crippen MR) is 115 cm³/mol. The van der Waals surface area contributed by atoms with Crippen LogP contribution in [0.1, 0.15) is 29.0 Å². The van der Waals surface area contributed by atoms with Gasteiger partial charge in [0.2, 0.25) is 0 Å². The highest BCUT2D eigenvalue weighted by molar-refractivity contribution is 7.11. The average molecular weight is 409 g/mol. The quantitative estimate of drug-likeness (QED) is 0.695. The molecule has 2 aliphatic heterocycles. The summed E-state index contributed by atoms with van der Waals surface area (Å²) in [5, 5.41) is 0. The van der Waals surface area contributed by atoms with Gasteiger partial charge in [0, 0.05) is 81.9 Å². The van der Waals surface area contributed by atoms with Crippen LogP contribution in [0.25, 0.3) is 0 Å². The van der Waals surface area contributed by atoms with Gasteiger partial charge in [-0.2, -0.15) is 0 Å². The number of carbonyl (C=O) groups excluding carboxylic acids is 1. The van der Waals surface area contributed by atoms with E-state index in [2.05, 4.69) is 35.9 Å². The van der Waals surface area contributed by atoms with Crippen molar-refractivity contribution in [1.29, 1.82) is 0 Å². The summed E-state index contributed by atoms with van der Waals surface area (Å²) in [6, 6.07) is 5.63. The van der Waals surface area contributed by atoms with E-state index in [4.69, 9.17) is 4.74 Å². The van der Waals surface area contributed by atoms with E-state index in [1.54, 1.807) is 4.90 Å². The van der Waals surface area contributed by atoms with Crippen LogP contribution in [0.3, 0.4) is 0 Å². The van der Waals surface area contributed by atoms with Gasteiger partial charge in [-0.3, -0.25) is 4.90 Å². The number of hydrogen-bond donors (Lipinski definition) is 0. The first-order valence-electron chi connectivity index (χ1n) is 10.5. The summed E-state index contributed by atoms with van der Waals surface area (Å²) >= 11 is 1.89. The topological polar surface area (TPSA) is 39.3 Å². The maximum Gasteiger partial charge on any atom is 0.319 e. The molecule has 2 amide bonds. The maximum atomic E-state index is 12.4. The fraction of sp³-hybridized carbons (Fsp3) is 0.762. The summed E-state index contributed by atoms with van der Waals surface area (Å²) in [7, 11) is 5.90. The Morgan fingerprint density at radius 1 is 1.14 bits per heavy atom.